The molecule has 1 aromatic heterocycles. The summed E-state index contributed by atoms with van der Waals surface area (Å²) in [5.41, 5.74) is 2.11. The summed E-state index contributed by atoms with van der Waals surface area (Å²) in [6, 6.07) is 11.7. The number of benzene rings is 1. The molecule has 0 aliphatic heterocycles. The van der Waals surface area contributed by atoms with Crippen molar-refractivity contribution in [2.75, 3.05) is 20.2 Å². The highest BCUT2D eigenvalue weighted by Gasteiger charge is 2.05. The third-order valence-corrected chi connectivity index (χ3v) is 3.81. The Balaban J connectivity index is 1.84. The predicted molar refractivity (Wildman–Crippen MR) is 98.8 cm³/mol. The fourth-order valence-electron chi connectivity index (χ4n) is 2.24. The van der Waals surface area contributed by atoms with Crippen LogP contribution in [-0.2, 0) is 13.0 Å². The molecule has 0 radical (unpaired) electrons. The molecule has 0 fully saturated rings. The number of ether oxygens (including phenoxy) is 1. The van der Waals surface area contributed by atoms with Crippen LogP contribution in [0.3, 0.4) is 0 Å². The molecule has 0 saturated carbocycles. The Hall–Kier alpha value is -2.27. The first kappa shape index (κ1) is 18.1. The number of nitrogens with zero attached hydrogens (tertiary/aromatic N) is 2. The first-order valence-corrected chi connectivity index (χ1v) is 8.37. The maximum absolute atomic E-state index is 6.17. The molecule has 1 aromatic carbocycles. The second kappa shape index (κ2) is 9.78. The normalized spacial score (nSPS) is 11.2. The van der Waals surface area contributed by atoms with Crippen molar-refractivity contribution in [2.24, 2.45) is 4.99 Å². The topological polar surface area (TPSA) is 58.5 Å². The van der Waals surface area contributed by atoms with Crippen molar-refractivity contribution in [3.63, 3.8) is 0 Å². The second-order valence-corrected chi connectivity index (χ2v) is 5.50. The van der Waals surface area contributed by atoms with Gasteiger partial charge in [-0.05, 0) is 31.0 Å². The standard InChI is InChI=1S/C18H23ClN4O/c1-3-24-17-15(8-6-11-21-17)13-23-18(20-2)22-12-10-14-7-4-5-9-16(14)19/h4-9,11H,3,10,12-13H2,1-2H3,(H2,20,22,23). The van der Waals surface area contributed by atoms with E-state index in [2.05, 4.69) is 20.6 Å². The lowest BCUT2D eigenvalue weighted by Crippen LogP contribution is -2.38. The molecule has 5 nitrogen and oxygen atoms in total. The largest absolute Gasteiger partial charge is 0.478 e. The van der Waals surface area contributed by atoms with Crippen LogP contribution in [0.5, 0.6) is 5.88 Å². The Morgan fingerprint density at radius 2 is 1.96 bits per heavy atom. The van der Waals surface area contributed by atoms with Gasteiger partial charge in [-0.25, -0.2) is 4.98 Å². The van der Waals surface area contributed by atoms with Crippen molar-refractivity contribution in [1.82, 2.24) is 15.6 Å². The number of pyridine rings is 1. The third-order valence-electron chi connectivity index (χ3n) is 3.45. The van der Waals surface area contributed by atoms with E-state index >= 15 is 0 Å². The van der Waals surface area contributed by atoms with Crippen LogP contribution >= 0.6 is 11.6 Å². The first-order valence-electron chi connectivity index (χ1n) is 7.99. The molecule has 2 aromatic rings. The van der Waals surface area contributed by atoms with Gasteiger partial charge in [0.25, 0.3) is 0 Å². The van der Waals surface area contributed by atoms with E-state index in [1.807, 2.05) is 43.3 Å². The number of hydrogen-bond donors (Lipinski definition) is 2. The molecule has 0 amide bonds. The summed E-state index contributed by atoms with van der Waals surface area (Å²) in [6.07, 6.45) is 2.56. The number of aromatic nitrogens is 1. The minimum absolute atomic E-state index is 0.592. The minimum Gasteiger partial charge on any atom is -0.478 e. The van der Waals surface area contributed by atoms with Gasteiger partial charge in [-0.3, -0.25) is 4.99 Å². The fourth-order valence-corrected chi connectivity index (χ4v) is 2.47. The number of hydrogen-bond acceptors (Lipinski definition) is 3. The summed E-state index contributed by atoms with van der Waals surface area (Å²) in [5, 5.41) is 7.35. The van der Waals surface area contributed by atoms with Gasteiger partial charge < -0.3 is 15.4 Å². The molecular weight excluding hydrogens is 324 g/mol. The van der Waals surface area contributed by atoms with E-state index in [1.165, 1.54) is 0 Å². The van der Waals surface area contributed by atoms with Crippen molar-refractivity contribution in [3.05, 3.63) is 58.7 Å². The maximum atomic E-state index is 6.17. The molecule has 24 heavy (non-hydrogen) atoms. The Labute approximate surface area is 148 Å². The van der Waals surface area contributed by atoms with E-state index in [0.717, 1.165) is 35.1 Å². The SMILES string of the molecule is CCOc1ncccc1CNC(=NC)NCCc1ccccc1Cl. The number of nitrogens with one attached hydrogen (secondary N) is 2. The molecule has 2 rings (SSSR count). The van der Waals surface area contributed by atoms with Crippen LogP contribution < -0.4 is 15.4 Å². The third kappa shape index (κ3) is 5.42. The first-order chi connectivity index (χ1) is 11.7. The quantitative estimate of drug-likeness (QED) is 0.597. The lowest BCUT2D eigenvalue weighted by atomic mass is 10.1. The Morgan fingerprint density at radius 1 is 1.17 bits per heavy atom. The molecule has 128 valence electrons. The molecule has 1 heterocycles. The van der Waals surface area contributed by atoms with Gasteiger partial charge in [0.15, 0.2) is 5.96 Å². The molecular formula is C18H23ClN4O. The van der Waals surface area contributed by atoms with Gasteiger partial charge in [0.2, 0.25) is 5.88 Å². The smallest absolute Gasteiger partial charge is 0.218 e. The summed E-state index contributed by atoms with van der Waals surface area (Å²) in [4.78, 5) is 8.48. The second-order valence-electron chi connectivity index (χ2n) is 5.09. The van der Waals surface area contributed by atoms with Gasteiger partial charge >= 0.3 is 0 Å². The summed E-state index contributed by atoms with van der Waals surface area (Å²) in [5.74, 6) is 1.38. The van der Waals surface area contributed by atoms with Crippen molar-refractivity contribution >= 4 is 17.6 Å². The number of rotatable bonds is 7. The van der Waals surface area contributed by atoms with Gasteiger partial charge in [-0.2, -0.15) is 0 Å². The molecule has 0 unspecified atom stereocenters. The molecule has 0 atom stereocenters. The van der Waals surface area contributed by atoms with E-state index in [0.29, 0.717) is 19.0 Å². The van der Waals surface area contributed by atoms with Crippen molar-refractivity contribution < 1.29 is 4.74 Å². The summed E-state index contributed by atoms with van der Waals surface area (Å²) in [6.45, 7) is 3.87. The molecule has 2 N–H and O–H groups in total. The van der Waals surface area contributed by atoms with Crippen molar-refractivity contribution in [3.8, 4) is 5.88 Å². The molecule has 0 aliphatic carbocycles. The Kier molecular flexibility index (Phi) is 7.36. The lowest BCUT2D eigenvalue weighted by Gasteiger charge is -2.14. The zero-order chi connectivity index (χ0) is 17.2. The monoisotopic (exact) mass is 346 g/mol. The van der Waals surface area contributed by atoms with Gasteiger partial charge in [0, 0.05) is 36.9 Å². The van der Waals surface area contributed by atoms with Gasteiger partial charge in [-0.15, -0.1) is 0 Å². The van der Waals surface area contributed by atoms with E-state index in [1.54, 1.807) is 13.2 Å². The van der Waals surface area contributed by atoms with E-state index in [4.69, 9.17) is 16.3 Å². The van der Waals surface area contributed by atoms with Crippen LogP contribution in [0.2, 0.25) is 5.02 Å². The highest BCUT2D eigenvalue weighted by Crippen LogP contribution is 2.15. The van der Waals surface area contributed by atoms with Gasteiger partial charge in [0.1, 0.15) is 0 Å². The zero-order valence-corrected chi connectivity index (χ0v) is 14.8. The zero-order valence-electron chi connectivity index (χ0n) is 14.1. The maximum Gasteiger partial charge on any atom is 0.218 e. The molecule has 0 bridgehead atoms. The van der Waals surface area contributed by atoms with Gasteiger partial charge in [0.05, 0.1) is 6.61 Å². The van der Waals surface area contributed by atoms with Crippen LogP contribution in [0.25, 0.3) is 0 Å². The predicted octanol–water partition coefficient (Wildman–Crippen LogP) is 3.04. The van der Waals surface area contributed by atoms with E-state index < -0.39 is 0 Å². The van der Waals surface area contributed by atoms with Crippen LogP contribution in [0.1, 0.15) is 18.1 Å². The van der Waals surface area contributed by atoms with E-state index in [-0.39, 0.29) is 0 Å². The van der Waals surface area contributed by atoms with E-state index in [9.17, 15) is 0 Å². The Morgan fingerprint density at radius 3 is 2.71 bits per heavy atom. The van der Waals surface area contributed by atoms with Crippen LogP contribution in [-0.4, -0.2) is 31.1 Å². The summed E-state index contributed by atoms with van der Waals surface area (Å²) in [7, 11) is 1.75. The van der Waals surface area contributed by atoms with Crippen molar-refractivity contribution in [1.29, 1.82) is 0 Å². The molecule has 6 heteroatoms. The molecule has 0 aliphatic rings. The minimum atomic E-state index is 0.592. The Bertz CT molecular complexity index is 676. The van der Waals surface area contributed by atoms with Gasteiger partial charge in [-0.1, -0.05) is 35.9 Å². The van der Waals surface area contributed by atoms with Crippen LogP contribution in [0.15, 0.2) is 47.6 Å². The van der Waals surface area contributed by atoms with Crippen LogP contribution in [0.4, 0.5) is 0 Å². The summed E-state index contributed by atoms with van der Waals surface area (Å²) < 4.78 is 5.53. The molecule has 0 spiro atoms. The molecule has 0 saturated heterocycles. The fraction of sp³-hybridized carbons (Fsp3) is 0.333. The lowest BCUT2D eigenvalue weighted by molar-refractivity contribution is 0.322. The van der Waals surface area contributed by atoms with Crippen LogP contribution in [0, 0.1) is 0 Å². The highest BCUT2D eigenvalue weighted by molar-refractivity contribution is 6.31. The number of guanidine groups is 1. The van der Waals surface area contributed by atoms with Crippen molar-refractivity contribution in [2.45, 2.75) is 19.9 Å². The summed E-state index contributed by atoms with van der Waals surface area (Å²) >= 11 is 6.17. The number of aliphatic imine (C=N–C) groups is 1. The highest BCUT2D eigenvalue weighted by atomic mass is 35.5. The number of halogens is 1. The average molecular weight is 347 g/mol. The average Bonchev–Trinajstić information content (AvgIpc) is 2.61.